The van der Waals surface area contributed by atoms with E-state index in [0.717, 1.165) is 6.42 Å². The van der Waals surface area contributed by atoms with Crippen LogP contribution >= 0.6 is 0 Å². The number of rotatable bonds is 4. The lowest BCUT2D eigenvalue weighted by Gasteiger charge is -2.13. The van der Waals surface area contributed by atoms with Gasteiger partial charge in [0.05, 0.1) is 0 Å². The largest absolute Gasteiger partial charge is 0.347 e. The van der Waals surface area contributed by atoms with E-state index in [-0.39, 0.29) is 11.9 Å². The number of carbonyl (C=O) groups excluding carboxylic acids is 1. The Kier molecular flexibility index (Phi) is 3.92. The van der Waals surface area contributed by atoms with Crippen LogP contribution in [0.5, 0.6) is 0 Å². The molecule has 1 aromatic heterocycles. The fourth-order valence-electron chi connectivity index (χ4n) is 1.30. The predicted molar refractivity (Wildman–Crippen MR) is 58.2 cm³/mol. The third kappa shape index (κ3) is 2.84. The van der Waals surface area contributed by atoms with E-state index >= 15 is 0 Å². The van der Waals surface area contributed by atoms with Crippen molar-refractivity contribution < 1.29 is 4.79 Å². The highest BCUT2D eigenvalue weighted by Crippen LogP contribution is 2.01. The molecule has 0 spiro atoms. The summed E-state index contributed by atoms with van der Waals surface area (Å²) in [4.78, 5) is 11.7. The number of aryl methyl sites for hydroxylation is 1. The Balaban J connectivity index is 2.63. The normalized spacial score (nSPS) is 11.8. The van der Waals surface area contributed by atoms with Crippen LogP contribution in [-0.2, 0) is 7.05 Å². The minimum Gasteiger partial charge on any atom is -0.347 e. The average molecular weight is 205 g/mol. The summed E-state index contributed by atoms with van der Waals surface area (Å²) in [5.74, 6) is 2.42. The Morgan fingerprint density at radius 3 is 3.00 bits per heavy atom. The van der Waals surface area contributed by atoms with E-state index < -0.39 is 0 Å². The monoisotopic (exact) mass is 205 g/mol. The first-order valence-corrected chi connectivity index (χ1v) is 4.91. The number of hydrogen-bond donors (Lipinski definition) is 1. The Bertz CT molecular complexity index is 375. The van der Waals surface area contributed by atoms with Crippen molar-refractivity contribution in [1.82, 2.24) is 15.1 Å². The summed E-state index contributed by atoms with van der Waals surface area (Å²) in [5, 5.41) is 6.80. The van der Waals surface area contributed by atoms with Crippen LogP contribution in [0.25, 0.3) is 0 Å². The van der Waals surface area contributed by atoms with Gasteiger partial charge in [-0.3, -0.25) is 9.48 Å². The standard InChI is InChI=1S/C11H15N3O/c1-4-6-9(5-2)13-11(15)10-7-8-12-14(10)3/h1,7-9H,5-6H2,2-3H3,(H,13,15). The minimum absolute atomic E-state index is 0.0393. The first kappa shape index (κ1) is 11.3. The first-order chi connectivity index (χ1) is 7.19. The summed E-state index contributed by atoms with van der Waals surface area (Å²) in [7, 11) is 1.73. The van der Waals surface area contributed by atoms with Crippen molar-refractivity contribution >= 4 is 5.91 Å². The maximum atomic E-state index is 11.7. The van der Waals surface area contributed by atoms with Crippen molar-refractivity contribution in [1.29, 1.82) is 0 Å². The van der Waals surface area contributed by atoms with Crippen LogP contribution in [0.15, 0.2) is 12.3 Å². The van der Waals surface area contributed by atoms with Gasteiger partial charge in [-0.05, 0) is 12.5 Å². The fourth-order valence-corrected chi connectivity index (χ4v) is 1.30. The molecule has 4 heteroatoms. The fraction of sp³-hybridized carbons (Fsp3) is 0.455. The van der Waals surface area contributed by atoms with Crippen molar-refractivity contribution in [2.45, 2.75) is 25.8 Å². The Morgan fingerprint density at radius 1 is 1.80 bits per heavy atom. The Hall–Kier alpha value is -1.76. The maximum Gasteiger partial charge on any atom is 0.269 e. The van der Waals surface area contributed by atoms with E-state index in [1.54, 1.807) is 19.3 Å². The molecule has 0 saturated heterocycles. The molecule has 0 bridgehead atoms. The molecular formula is C11H15N3O. The molecule has 0 saturated carbocycles. The van der Waals surface area contributed by atoms with Crippen molar-refractivity contribution in [2.75, 3.05) is 0 Å². The predicted octanol–water partition coefficient (Wildman–Crippen LogP) is 0.952. The number of hydrogen-bond acceptors (Lipinski definition) is 2. The van der Waals surface area contributed by atoms with Crippen LogP contribution < -0.4 is 5.32 Å². The quantitative estimate of drug-likeness (QED) is 0.744. The number of carbonyl (C=O) groups is 1. The molecule has 80 valence electrons. The van der Waals surface area contributed by atoms with Gasteiger partial charge in [0.25, 0.3) is 5.91 Å². The van der Waals surface area contributed by atoms with Crippen molar-refractivity contribution in [3.8, 4) is 12.3 Å². The van der Waals surface area contributed by atoms with Crippen LogP contribution in [-0.4, -0.2) is 21.7 Å². The molecule has 0 aromatic carbocycles. The number of aromatic nitrogens is 2. The molecule has 4 nitrogen and oxygen atoms in total. The minimum atomic E-state index is -0.128. The van der Waals surface area contributed by atoms with Gasteiger partial charge in [-0.25, -0.2) is 0 Å². The number of amides is 1. The van der Waals surface area contributed by atoms with Gasteiger partial charge in [0, 0.05) is 25.7 Å². The topological polar surface area (TPSA) is 46.9 Å². The van der Waals surface area contributed by atoms with Crippen molar-refractivity contribution in [3.63, 3.8) is 0 Å². The third-order valence-corrected chi connectivity index (χ3v) is 2.25. The van der Waals surface area contributed by atoms with Crippen LogP contribution in [0.4, 0.5) is 0 Å². The molecule has 1 rings (SSSR count). The second-order valence-electron chi connectivity index (χ2n) is 3.33. The van der Waals surface area contributed by atoms with Crippen molar-refractivity contribution in [2.24, 2.45) is 7.05 Å². The number of nitrogens with one attached hydrogen (secondary N) is 1. The summed E-state index contributed by atoms with van der Waals surface area (Å²) in [6.07, 6.45) is 8.19. The van der Waals surface area contributed by atoms with Gasteiger partial charge < -0.3 is 5.32 Å². The van der Waals surface area contributed by atoms with Crippen LogP contribution in [0.1, 0.15) is 30.3 Å². The summed E-state index contributed by atoms with van der Waals surface area (Å²) < 4.78 is 1.54. The smallest absolute Gasteiger partial charge is 0.269 e. The molecule has 0 radical (unpaired) electrons. The average Bonchev–Trinajstić information content (AvgIpc) is 2.63. The summed E-state index contributed by atoms with van der Waals surface area (Å²) >= 11 is 0. The first-order valence-electron chi connectivity index (χ1n) is 4.91. The lowest BCUT2D eigenvalue weighted by atomic mass is 10.1. The third-order valence-electron chi connectivity index (χ3n) is 2.25. The molecule has 0 aliphatic rings. The zero-order valence-electron chi connectivity index (χ0n) is 9.03. The molecule has 0 fully saturated rings. The van der Waals surface area contributed by atoms with E-state index in [2.05, 4.69) is 16.3 Å². The molecule has 1 aromatic rings. The molecule has 1 N–H and O–H groups in total. The molecule has 1 atom stereocenters. The van der Waals surface area contributed by atoms with Crippen LogP contribution in [0.2, 0.25) is 0 Å². The number of nitrogens with zero attached hydrogens (tertiary/aromatic N) is 2. The second-order valence-corrected chi connectivity index (χ2v) is 3.33. The number of terminal acetylenes is 1. The maximum absolute atomic E-state index is 11.7. The molecule has 0 aliphatic heterocycles. The van der Waals surface area contributed by atoms with Gasteiger partial charge >= 0.3 is 0 Å². The second kappa shape index (κ2) is 5.20. The van der Waals surface area contributed by atoms with Gasteiger partial charge in [-0.2, -0.15) is 5.10 Å². The highest BCUT2D eigenvalue weighted by molar-refractivity contribution is 5.92. The highest BCUT2D eigenvalue weighted by Gasteiger charge is 2.13. The highest BCUT2D eigenvalue weighted by atomic mass is 16.2. The van der Waals surface area contributed by atoms with E-state index in [0.29, 0.717) is 12.1 Å². The molecule has 0 aliphatic carbocycles. The SMILES string of the molecule is C#CCC(CC)NC(=O)c1ccnn1C. The molecule has 1 unspecified atom stereocenters. The molecular weight excluding hydrogens is 190 g/mol. The van der Waals surface area contributed by atoms with Crippen LogP contribution in [0.3, 0.4) is 0 Å². The molecule has 1 amide bonds. The van der Waals surface area contributed by atoms with Gasteiger partial charge in [0.1, 0.15) is 5.69 Å². The Morgan fingerprint density at radius 2 is 2.53 bits per heavy atom. The van der Waals surface area contributed by atoms with Gasteiger partial charge in [-0.15, -0.1) is 12.3 Å². The summed E-state index contributed by atoms with van der Waals surface area (Å²) in [6, 6.07) is 1.72. The van der Waals surface area contributed by atoms with Crippen LogP contribution in [0, 0.1) is 12.3 Å². The summed E-state index contributed by atoms with van der Waals surface area (Å²) in [6.45, 7) is 1.99. The molecule has 15 heavy (non-hydrogen) atoms. The van der Waals surface area contributed by atoms with E-state index in [9.17, 15) is 4.79 Å². The van der Waals surface area contributed by atoms with E-state index in [1.807, 2.05) is 6.92 Å². The van der Waals surface area contributed by atoms with Crippen molar-refractivity contribution in [3.05, 3.63) is 18.0 Å². The lowest BCUT2D eigenvalue weighted by Crippen LogP contribution is -2.35. The van der Waals surface area contributed by atoms with Gasteiger partial charge in [-0.1, -0.05) is 6.92 Å². The van der Waals surface area contributed by atoms with E-state index in [1.165, 1.54) is 4.68 Å². The van der Waals surface area contributed by atoms with Gasteiger partial charge in [0.15, 0.2) is 0 Å². The zero-order valence-corrected chi connectivity index (χ0v) is 9.03. The molecule has 1 heterocycles. The van der Waals surface area contributed by atoms with E-state index in [4.69, 9.17) is 6.42 Å². The zero-order chi connectivity index (χ0) is 11.3. The van der Waals surface area contributed by atoms with Gasteiger partial charge in [0.2, 0.25) is 0 Å². The summed E-state index contributed by atoms with van der Waals surface area (Å²) in [5.41, 5.74) is 0.547. The Labute approximate surface area is 89.7 Å². The lowest BCUT2D eigenvalue weighted by molar-refractivity contribution is 0.0927.